The molecule has 6 heteroatoms. The molecule has 0 aliphatic rings. The largest absolute Gasteiger partial charge is 0.462 e. The van der Waals surface area contributed by atoms with Crippen LogP contribution < -0.4 is 0 Å². The summed E-state index contributed by atoms with van der Waals surface area (Å²) in [6, 6.07) is 0. The number of esters is 3. The van der Waals surface area contributed by atoms with Crippen molar-refractivity contribution in [3.63, 3.8) is 0 Å². The van der Waals surface area contributed by atoms with E-state index in [9.17, 15) is 14.4 Å². The maximum Gasteiger partial charge on any atom is 0.306 e. The average molecular weight is 883 g/mol. The van der Waals surface area contributed by atoms with Crippen molar-refractivity contribution >= 4 is 17.9 Å². The summed E-state index contributed by atoms with van der Waals surface area (Å²) in [7, 11) is 0. The zero-order valence-electron chi connectivity index (χ0n) is 41.8. The zero-order chi connectivity index (χ0) is 45.8. The maximum absolute atomic E-state index is 12.8. The second kappa shape index (κ2) is 52.0. The van der Waals surface area contributed by atoms with Crippen molar-refractivity contribution in [1.82, 2.24) is 0 Å². The molecule has 0 aliphatic heterocycles. The normalized spacial score (nSPS) is 12.4. The summed E-state index contributed by atoms with van der Waals surface area (Å²) in [5, 5.41) is 0. The Balaban J connectivity index is 4.39. The lowest BCUT2D eigenvalue weighted by Gasteiger charge is -2.18. The first kappa shape index (κ1) is 60.4. The van der Waals surface area contributed by atoms with Gasteiger partial charge in [0.2, 0.25) is 0 Å². The SMILES string of the molecule is CC/C=C/C/C=C/C/C=C/CCCCCCCC(=O)OCC(COC(=O)CCCCCCCCCCCCCCCCC)OC(=O)CCCCCCC/C=C/CCCCCCCC. The molecule has 0 fully saturated rings. The van der Waals surface area contributed by atoms with Gasteiger partial charge in [-0.15, -0.1) is 0 Å². The van der Waals surface area contributed by atoms with Gasteiger partial charge in [-0.25, -0.2) is 0 Å². The third-order valence-electron chi connectivity index (χ3n) is 11.8. The van der Waals surface area contributed by atoms with Gasteiger partial charge in [-0.05, 0) is 77.0 Å². The standard InChI is InChI=1S/C57H102O6/c1-4-7-10-13-16-19-22-25-28-31-34-37-40-43-46-49-55(58)61-52-54(63-57(60)51-48-45-42-39-36-33-30-27-24-21-18-15-12-9-6-3)53-62-56(59)50-47-44-41-38-35-32-29-26-23-20-17-14-11-8-5-2/h7,10,16,19,25,27-28,30,54H,4-6,8-9,11-15,17-18,20-24,26,29,31-53H2,1-3H3/b10-7+,19-16+,28-25+,30-27+. The molecule has 0 N–H and O–H groups in total. The molecule has 0 aliphatic carbocycles. The fourth-order valence-electron chi connectivity index (χ4n) is 7.75. The average Bonchev–Trinajstić information content (AvgIpc) is 3.28. The van der Waals surface area contributed by atoms with Crippen LogP contribution in [0.3, 0.4) is 0 Å². The fraction of sp³-hybridized carbons (Fsp3) is 0.807. The molecular formula is C57H102O6. The van der Waals surface area contributed by atoms with E-state index in [0.29, 0.717) is 19.3 Å². The predicted octanol–water partition coefficient (Wildman–Crippen LogP) is 17.9. The second-order valence-corrected chi connectivity index (χ2v) is 18.1. The van der Waals surface area contributed by atoms with Gasteiger partial charge < -0.3 is 14.2 Å². The smallest absolute Gasteiger partial charge is 0.306 e. The van der Waals surface area contributed by atoms with E-state index in [1.54, 1.807) is 0 Å². The molecule has 1 atom stereocenters. The van der Waals surface area contributed by atoms with Gasteiger partial charge in [0, 0.05) is 19.3 Å². The highest BCUT2D eigenvalue weighted by Crippen LogP contribution is 2.16. The molecule has 63 heavy (non-hydrogen) atoms. The number of carbonyl (C=O) groups excluding carboxylic acids is 3. The van der Waals surface area contributed by atoms with E-state index in [0.717, 1.165) is 109 Å². The maximum atomic E-state index is 12.8. The Morgan fingerprint density at radius 2 is 0.619 bits per heavy atom. The van der Waals surface area contributed by atoms with Crippen molar-refractivity contribution in [1.29, 1.82) is 0 Å². The molecule has 0 spiro atoms. The first-order valence-electron chi connectivity index (χ1n) is 27.1. The van der Waals surface area contributed by atoms with Crippen LogP contribution >= 0.6 is 0 Å². The summed E-state index contributed by atoms with van der Waals surface area (Å²) in [5.74, 6) is -0.894. The zero-order valence-corrected chi connectivity index (χ0v) is 41.8. The Morgan fingerprint density at radius 3 is 0.984 bits per heavy atom. The summed E-state index contributed by atoms with van der Waals surface area (Å²) < 4.78 is 16.8. The molecule has 366 valence electrons. The number of unbranched alkanes of at least 4 members (excludes halogenated alkanes) is 30. The molecule has 1 unspecified atom stereocenters. The van der Waals surface area contributed by atoms with Crippen LogP contribution in [0.15, 0.2) is 48.6 Å². The van der Waals surface area contributed by atoms with Crippen LogP contribution in [0.5, 0.6) is 0 Å². The molecule has 0 saturated heterocycles. The molecule has 0 radical (unpaired) electrons. The molecule has 0 aromatic carbocycles. The Labute approximate surface area is 390 Å². The minimum absolute atomic E-state index is 0.0794. The molecular weight excluding hydrogens is 781 g/mol. The predicted molar refractivity (Wildman–Crippen MR) is 270 cm³/mol. The Morgan fingerprint density at radius 1 is 0.333 bits per heavy atom. The van der Waals surface area contributed by atoms with Crippen LogP contribution in [0.2, 0.25) is 0 Å². The topological polar surface area (TPSA) is 78.9 Å². The quantitative estimate of drug-likeness (QED) is 0.0262. The highest BCUT2D eigenvalue weighted by atomic mass is 16.6. The molecule has 0 rings (SSSR count). The summed E-state index contributed by atoms with van der Waals surface area (Å²) in [4.78, 5) is 38.0. The second-order valence-electron chi connectivity index (χ2n) is 18.1. The van der Waals surface area contributed by atoms with Gasteiger partial charge in [-0.2, -0.15) is 0 Å². The van der Waals surface area contributed by atoms with Crippen molar-refractivity contribution in [3.05, 3.63) is 48.6 Å². The highest BCUT2D eigenvalue weighted by molar-refractivity contribution is 5.71. The van der Waals surface area contributed by atoms with Gasteiger partial charge in [0.1, 0.15) is 13.2 Å². The van der Waals surface area contributed by atoms with Crippen LogP contribution in [0, 0.1) is 0 Å². The van der Waals surface area contributed by atoms with Crippen molar-refractivity contribution < 1.29 is 28.6 Å². The number of hydrogen-bond donors (Lipinski definition) is 0. The van der Waals surface area contributed by atoms with Gasteiger partial charge in [-0.1, -0.05) is 230 Å². The van der Waals surface area contributed by atoms with Crippen LogP contribution in [-0.4, -0.2) is 37.2 Å². The lowest BCUT2D eigenvalue weighted by atomic mass is 10.0. The van der Waals surface area contributed by atoms with E-state index in [1.165, 1.54) is 128 Å². The van der Waals surface area contributed by atoms with Gasteiger partial charge in [0.05, 0.1) is 0 Å². The minimum atomic E-state index is -0.781. The van der Waals surface area contributed by atoms with Crippen LogP contribution in [0.25, 0.3) is 0 Å². The third-order valence-corrected chi connectivity index (χ3v) is 11.8. The number of rotatable bonds is 49. The van der Waals surface area contributed by atoms with E-state index in [1.807, 2.05) is 0 Å². The van der Waals surface area contributed by atoms with Gasteiger partial charge in [0.15, 0.2) is 6.10 Å². The Kier molecular flexibility index (Phi) is 49.8. The number of hydrogen-bond acceptors (Lipinski definition) is 6. The Hall–Kier alpha value is -2.63. The van der Waals surface area contributed by atoms with Crippen molar-refractivity contribution in [2.45, 2.75) is 284 Å². The summed E-state index contributed by atoms with van der Waals surface area (Å²) >= 11 is 0. The van der Waals surface area contributed by atoms with Crippen molar-refractivity contribution in [2.24, 2.45) is 0 Å². The van der Waals surface area contributed by atoms with Crippen molar-refractivity contribution in [2.75, 3.05) is 13.2 Å². The monoisotopic (exact) mass is 883 g/mol. The number of carbonyl (C=O) groups is 3. The van der Waals surface area contributed by atoms with Crippen LogP contribution in [0.1, 0.15) is 278 Å². The van der Waals surface area contributed by atoms with Gasteiger partial charge in [0.25, 0.3) is 0 Å². The molecule has 0 bridgehead atoms. The molecule has 6 nitrogen and oxygen atoms in total. The minimum Gasteiger partial charge on any atom is -0.462 e. The molecule has 0 aromatic rings. The highest BCUT2D eigenvalue weighted by Gasteiger charge is 2.19. The van der Waals surface area contributed by atoms with Crippen LogP contribution in [-0.2, 0) is 28.6 Å². The van der Waals surface area contributed by atoms with E-state index >= 15 is 0 Å². The lowest BCUT2D eigenvalue weighted by Crippen LogP contribution is -2.30. The summed E-state index contributed by atoms with van der Waals surface area (Å²) in [6.45, 7) is 6.52. The summed E-state index contributed by atoms with van der Waals surface area (Å²) in [6.07, 6.45) is 62.3. The fourth-order valence-corrected chi connectivity index (χ4v) is 7.75. The van der Waals surface area contributed by atoms with E-state index in [-0.39, 0.29) is 31.1 Å². The summed E-state index contributed by atoms with van der Waals surface area (Å²) in [5.41, 5.74) is 0. The first-order valence-corrected chi connectivity index (χ1v) is 27.1. The van der Waals surface area contributed by atoms with E-state index < -0.39 is 6.10 Å². The molecule has 0 saturated carbocycles. The number of ether oxygens (including phenoxy) is 3. The number of allylic oxidation sites excluding steroid dienone is 8. The third kappa shape index (κ3) is 50.2. The molecule has 0 heterocycles. The lowest BCUT2D eigenvalue weighted by molar-refractivity contribution is -0.167. The molecule has 0 aromatic heterocycles. The van der Waals surface area contributed by atoms with E-state index in [4.69, 9.17) is 14.2 Å². The van der Waals surface area contributed by atoms with Gasteiger partial charge >= 0.3 is 17.9 Å². The van der Waals surface area contributed by atoms with Crippen molar-refractivity contribution in [3.8, 4) is 0 Å². The molecule has 0 amide bonds. The Bertz CT molecular complexity index is 1110. The van der Waals surface area contributed by atoms with Crippen LogP contribution in [0.4, 0.5) is 0 Å². The van der Waals surface area contributed by atoms with Gasteiger partial charge in [-0.3, -0.25) is 14.4 Å². The first-order chi connectivity index (χ1) is 31.0. The van der Waals surface area contributed by atoms with E-state index in [2.05, 4.69) is 69.4 Å².